The molecule has 14 heavy (non-hydrogen) atoms. The van der Waals surface area contributed by atoms with Gasteiger partial charge in [0.15, 0.2) is 0 Å². The van der Waals surface area contributed by atoms with Gasteiger partial charge in [-0.2, -0.15) is 0 Å². The Labute approximate surface area is 83.8 Å². The number of amides is 2. The summed E-state index contributed by atoms with van der Waals surface area (Å²) in [4.78, 5) is 25.6. The van der Waals surface area contributed by atoms with Gasteiger partial charge in [-0.15, -0.1) is 0 Å². The molecule has 0 saturated carbocycles. The highest BCUT2D eigenvalue weighted by Crippen LogP contribution is 2.02. The number of rotatable bonds is 2. The SMILES string of the molecule is CC(=O)N1CCCN(CC(N)=O)CC1. The highest BCUT2D eigenvalue weighted by Gasteiger charge is 2.16. The molecule has 0 aliphatic carbocycles. The molecule has 0 atom stereocenters. The van der Waals surface area contributed by atoms with Crippen LogP contribution >= 0.6 is 0 Å². The largest absolute Gasteiger partial charge is 0.369 e. The Balaban J connectivity index is 2.40. The third kappa shape index (κ3) is 3.33. The summed E-state index contributed by atoms with van der Waals surface area (Å²) in [6, 6.07) is 0. The second-order valence-corrected chi connectivity index (χ2v) is 3.60. The van der Waals surface area contributed by atoms with Gasteiger partial charge in [0.1, 0.15) is 0 Å². The summed E-state index contributed by atoms with van der Waals surface area (Å²) in [5.41, 5.74) is 5.11. The van der Waals surface area contributed by atoms with Crippen LogP contribution in [0.25, 0.3) is 0 Å². The van der Waals surface area contributed by atoms with Gasteiger partial charge in [-0.3, -0.25) is 14.5 Å². The van der Waals surface area contributed by atoms with E-state index in [1.165, 1.54) is 0 Å². The highest BCUT2D eigenvalue weighted by atomic mass is 16.2. The minimum Gasteiger partial charge on any atom is -0.369 e. The van der Waals surface area contributed by atoms with E-state index >= 15 is 0 Å². The molecule has 80 valence electrons. The van der Waals surface area contributed by atoms with Crippen molar-refractivity contribution in [2.24, 2.45) is 5.73 Å². The van der Waals surface area contributed by atoms with Crippen LogP contribution in [0.1, 0.15) is 13.3 Å². The molecule has 2 amide bonds. The lowest BCUT2D eigenvalue weighted by Crippen LogP contribution is -2.37. The van der Waals surface area contributed by atoms with Crippen molar-refractivity contribution in [3.8, 4) is 0 Å². The fourth-order valence-electron chi connectivity index (χ4n) is 1.66. The van der Waals surface area contributed by atoms with Crippen LogP contribution in [0.5, 0.6) is 0 Å². The monoisotopic (exact) mass is 199 g/mol. The summed E-state index contributed by atoms with van der Waals surface area (Å²) >= 11 is 0. The number of nitrogens with zero attached hydrogens (tertiary/aromatic N) is 2. The second kappa shape index (κ2) is 4.95. The summed E-state index contributed by atoms with van der Waals surface area (Å²) < 4.78 is 0. The van der Waals surface area contributed by atoms with E-state index in [4.69, 9.17) is 5.73 Å². The van der Waals surface area contributed by atoms with Crippen LogP contribution in [0.2, 0.25) is 0 Å². The third-order valence-corrected chi connectivity index (χ3v) is 2.41. The molecule has 1 heterocycles. The van der Waals surface area contributed by atoms with Gasteiger partial charge in [0.25, 0.3) is 0 Å². The van der Waals surface area contributed by atoms with Crippen molar-refractivity contribution in [3.63, 3.8) is 0 Å². The molecule has 0 bridgehead atoms. The van der Waals surface area contributed by atoms with E-state index in [0.29, 0.717) is 13.1 Å². The molecule has 5 nitrogen and oxygen atoms in total. The number of hydrogen-bond acceptors (Lipinski definition) is 3. The lowest BCUT2D eigenvalue weighted by atomic mass is 10.4. The molecule has 0 radical (unpaired) electrons. The maximum absolute atomic E-state index is 11.1. The Morgan fingerprint density at radius 1 is 1.21 bits per heavy atom. The molecule has 1 aliphatic rings. The minimum atomic E-state index is -0.304. The average Bonchev–Trinajstić information content (AvgIpc) is 2.28. The summed E-state index contributed by atoms with van der Waals surface area (Å²) in [7, 11) is 0. The van der Waals surface area contributed by atoms with E-state index in [1.807, 2.05) is 4.90 Å². The molecule has 0 aromatic heterocycles. The van der Waals surface area contributed by atoms with Gasteiger partial charge in [0, 0.05) is 33.1 Å². The van der Waals surface area contributed by atoms with E-state index < -0.39 is 0 Å². The van der Waals surface area contributed by atoms with Crippen molar-refractivity contribution in [3.05, 3.63) is 0 Å². The molecule has 0 aromatic carbocycles. The zero-order chi connectivity index (χ0) is 10.6. The molecule has 0 aromatic rings. The number of carbonyl (C=O) groups excluding carboxylic acids is 2. The number of primary amides is 1. The van der Waals surface area contributed by atoms with Crippen molar-refractivity contribution in [2.45, 2.75) is 13.3 Å². The summed E-state index contributed by atoms with van der Waals surface area (Å²) in [5.74, 6) is -0.202. The molecule has 0 spiro atoms. The summed E-state index contributed by atoms with van der Waals surface area (Å²) in [5, 5.41) is 0. The van der Waals surface area contributed by atoms with Gasteiger partial charge in [-0.25, -0.2) is 0 Å². The normalized spacial score (nSPS) is 19.1. The van der Waals surface area contributed by atoms with Crippen LogP contribution in [0.15, 0.2) is 0 Å². The van der Waals surface area contributed by atoms with Crippen molar-refractivity contribution >= 4 is 11.8 Å². The van der Waals surface area contributed by atoms with Crippen LogP contribution in [-0.2, 0) is 9.59 Å². The van der Waals surface area contributed by atoms with E-state index in [-0.39, 0.29) is 11.8 Å². The Bertz CT molecular complexity index is 230. The molecule has 5 heteroatoms. The van der Waals surface area contributed by atoms with Gasteiger partial charge in [0.05, 0.1) is 6.54 Å². The van der Waals surface area contributed by atoms with E-state index in [2.05, 4.69) is 0 Å². The van der Waals surface area contributed by atoms with Crippen LogP contribution in [0.3, 0.4) is 0 Å². The van der Waals surface area contributed by atoms with Gasteiger partial charge < -0.3 is 10.6 Å². The smallest absolute Gasteiger partial charge is 0.231 e. The Morgan fingerprint density at radius 2 is 1.93 bits per heavy atom. The third-order valence-electron chi connectivity index (χ3n) is 2.41. The first-order valence-corrected chi connectivity index (χ1v) is 4.86. The van der Waals surface area contributed by atoms with Crippen LogP contribution < -0.4 is 5.73 Å². The number of hydrogen-bond donors (Lipinski definition) is 1. The number of nitrogens with two attached hydrogens (primary N) is 1. The summed E-state index contributed by atoms with van der Waals surface area (Å²) in [6.45, 7) is 4.93. The molecule has 1 saturated heterocycles. The van der Waals surface area contributed by atoms with Gasteiger partial charge in [0.2, 0.25) is 11.8 Å². The highest BCUT2D eigenvalue weighted by molar-refractivity contribution is 5.76. The van der Waals surface area contributed by atoms with E-state index in [0.717, 1.165) is 26.1 Å². The zero-order valence-electron chi connectivity index (χ0n) is 8.53. The van der Waals surface area contributed by atoms with Crippen LogP contribution in [-0.4, -0.2) is 54.3 Å². The number of carbonyl (C=O) groups is 2. The zero-order valence-corrected chi connectivity index (χ0v) is 8.53. The Hall–Kier alpha value is -1.10. The molecule has 2 N–H and O–H groups in total. The van der Waals surface area contributed by atoms with Crippen molar-refractivity contribution in [1.29, 1.82) is 0 Å². The molecule has 1 rings (SSSR count). The Morgan fingerprint density at radius 3 is 2.50 bits per heavy atom. The van der Waals surface area contributed by atoms with E-state index in [9.17, 15) is 9.59 Å². The van der Waals surface area contributed by atoms with Crippen LogP contribution in [0, 0.1) is 0 Å². The predicted octanol–water partition coefficient (Wildman–Crippen LogP) is -0.974. The fourth-order valence-corrected chi connectivity index (χ4v) is 1.66. The predicted molar refractivity (Wildman–Crippen MR) is 52.5 cm³/mol. The lowest BCUT2D eigenvalue weighted by molar-refractivity contribution is -0.128. The average molecular weight is 199 g/mol. The van der Waals surface area contributed by atoms with Crippen molar-refractivity contribution in [1.82, 2.24) is 9.80 Å². The molecule has 1 fully saturated rings. The maximum Gasteiger partial charge on any atom is 0.231 e. The topological polar surface area (TPSA) is 66.6 Å². The first-order chi connectivity index (χ1) is 6.59. The fraction of sp³-hybridized carbons (Fsp3) is 0.778. The van der Waals surface area contributed by atoms with Crippen molar-refractivity contribution < 1.29 is 9.59 Å². The van der Waals surface area contributed by atoms with Gasteiger partial charge in [-0.05, 0) is 6.42 Å². The first-order valence-electron chi connectivity index (χ1n) is 4.86. The quantitative estimate of drug-likeness (QED) is 0.622. The Kier molecular flexibility index (Phi) is 3.88. The van der Waals surface area contributed by atoms with Gasteiger partial charge >= 0.3 is 0 Å². The standard InChI is InChI=1S/C9H17N3O2/c1-8(13)12-4-2-3-11(5-6-12)7-9(10)14/h2-7H2,1H3,(H2,10,14). The maximum atomic E-state index is 11.1. The van der Waals surface area contributed by atoms with E-state index in [1.54, 1.807) is 11.8 Å². The van der Waals surface area contributed by atoms with Crippen molar-refractivity contribution in [2.75, 3.05) is 32.7 Å². The van der Waals surface area contributed by atoms with Crippen LogP contribution in [0.4, 0.5) is 0 Å². The van der Waals surface area contributed by atoms with Gasteiger partial charge in [-0.1, -0.05) is 0 Å². The first kappa shape index (κ1) is 11.0. The molecular weight excluding hydrogens is 182 g/mol. The minimum absolute atomic E-state index is 0.103. The molecule has 0 unspecified atom stereocenters. The molecular formula is C9H17N3O2. The molecule has 1 aliphatic heterocycles. The lowest BCUT2D eigenvalue weighted by Gasteiger charge is -2.19. The second-order valence-electron chi connectivity index (χ2n) is 3.60. The summed E-state index contributed by atoms with van der Waals surface area (Å²) in [6.07, 6.45) is 0.910.